The zero-order valence-corrected chi connectivity index (χ0v) is 14.4. The van der Waals surface area contributed by atoms with Crippen LogP contribution in [0.2, 0.25) is 0 Å². The largest absolute Gasteiger partial charge is 0.464 e. The van der Waals surface area contributed by atoms with E-state index < -0.39 is 0 Å². The van der Waals surface area contributed by atoms with Crippen molar-refractivity contribution in [2.45, 2.75) is 39.7 Å². The molecule has 0 saturated heterocycles. The molecule has 0 spiro atoms. The summed E-state index contributed by atoms with van der Waals surface area (Å²) in [6.07, 6.45) is 5.38. The molecule has 0 aliphatic heterocycles. The molecule has 2 aromatic rings. The molecular weight excluding hydrogens is 304 g/mol. The molecule has 0 N–H and O–H groups in total. The Labute approximate surface area is 138 Å². The van der Waals surface area contributed by atoms with E-state index in [0.717, 1.165) is 35.5 Å². The van der Waals surface area contributed by atoms with Crippen LogP contribution in [0.1, 0.15) is 38.7 Å². The molecule has 0 bridgehead atoms. The second-order valence-corrected chi connectivity index (χ2v) is 5.81. The van der Waals surface area contributed by atoms with Crippen LogP contribution in [0, 0.1) is 5.92 Å². The molecule has 1 aromatic heterocycles. The fourth-order valence-electron chi connectivity index (χ4n) is 1.88. The minimum atomic E-state index is 0.500. The van der Waals surface area contributed by atoms with Gasteiger partial charge in [0.1, 0.15) is 5.58 Å². The Balaban J connectivity index is 0.000000222. The van der Waals surface area contributed by atoms with Crippen LogP contribution in [0.4, 0.5) is 0 Å². The van der Waals surface area contributed by atoms with Crippen molar-refractivity contribution in [2.24, 2.45) is 5.92 Å². The summed E-state index contributed by atoms with van der Waals surface area (Å²) in [5.41, 5.74) is 1.95. The molecule has 1 heterocycles. The lowest BCUT2D eigenvalue weighted by Gasteiger charge is -2.01. The van der Waals surface area contributed by atoms with E-state index in [-0.39, 0.29) is 0 Å². The van der Waals surface area contributed by atoms with Gasteiger partial charge in [0.2, 0.25) is 0 Å². The van der Waals surface area contributed by atoms with Crippen LogP contribution in [0.3, 0.4) is 0 Å². The SMILES string of the molecule is CC(C)CCCCOS.SOCc1ccc2ccoc2c1. The molecule has 0 amide bonds. The molecule has 0 aliphatic carbocycles. The summed E-state index contributed by atoms with van der Waals surface area (Å²) in [6, 6.07) is 7.88. The number of unbranched alkanes of at least 4 members (excludes halogenated alkanes) is 1. The van der Waals surface area contributed by atoms with E-state index in [2.05, 4.69) is 43.8 Å². The minimum Gasteiger partial charge on any atom is -0.464 e. The smallest absolute Gasteiger partial charge is 0.134 e. The summed E-state index contributed by atoms with van der Waals surface area (Å²) < 4.78 is 14.5. The highest BCUT2D eigenvalue weighted by molar-refractivity contribution is 7.75. The maximum absolute atomic E-state index is 5.22. The van der Waals surface area contributed by atoms with Crippen molar-refractivity contribution in [2.75, 3.05) is 6.61 Å². The molecular formula is C16H24O3S2. The number of hydrogen-bond acceptors (Lipinski definition) is 5. The Morgan fingerprint density at radius 2 is 1.90 bits per heavy atom. The molecule has 0 saturated carbocycles. The average molecular weight is 328 g/mol. The minimum absolute atomic E-state index is 0.500. The maximum atomic E-state index is 5.22. The van der Waals surface area contributed by atoms with Crippen LogP contribution in [-0.4, -0.2) is 6.61 Å². The average Bonchev–Trinajstić information content (AvgIpc) is 2.92. The number of rotatable bonds is 7. The van der Waals surface area contributed by atoms with Crippen molar-refractivity contribution in [3.05, 3.63) is 36.1 Å². The standard InChI is InChI=1S/C9H8O2S.C7H16OS/c12-11-6-7-1-2-8-3-4-10-9(8)5-7;1-7(2)5-3-4-6-8-9/h1-5,12H,6H2;7,9H,3-6H2,1-2H3. The first-order chi connectivity index (χ1) is 10.2. The number of furan rings is 1. The molecule has 21 heavy (non-hydrogen) atoms. The molecule has 2 rings (SSSR count). The summed E-state index contributed by atoms with van der Waals surface area (Å²) in [7, 11) is 0. The highest BCUT2D eigenvalue weighted by Crippen LogP contribution is 2.17. The molecule has 0 fully saturated rings. The van der Waals surface area contributed by atoms with E-state index in [1.807, 2.05) is 24.3 Å². The van der Waals surface area contributed by atoms with Crippen LogP contribution >= 0.6 is 25.8 Å². The van der Waals surface area contributed by atoms with Gasteiger partial charge in [-0.25, -0.2) is 0 Å². The second-order valence-electron chi connectivity index (χ2n) is 5.29. The highest BCUT2D eigenvalue weighted by atomic mass is 32.1. The number of hydrogen-bond donors (Lipinski definition) is 2. The quantitative estimate of drug-likeness (QED) is 0.401. The Kier molecular flexibility index (Phi) is 9.67. The molecule has 0 unspecified atom stereocenters. The van der Waals surface area contributed by atoms with Gasteiger partial charge in [0.15, 0.2) is 0 Å². The predicted molar refractivity (Wildman–Crippen MR) is 93.6 cm³/mol. The molecule has 5 heteroatoms. The third-order valence-electron chi connectivity index (χ3n) is 3.02. The first-order valence-electron chi connectivity index (χ1n) is 7.16. The van der Waals surface area contributed by atoms with Gasteiger partial charge >= 0.3 is 0 Å². The Bertz CT molecular complexity index is 497. The Morgan fingerprint density at radius 3 is 2.57 bits per heavy atom. The van der Waals surface area contributed by atoms with E-state index in [1.54, 1.807) is 6.26 Å². The van der Waals surface area contributed by atoms with Crippen LogP contribution in [-0.2, 0) is 15.0 Å². The van der Waals surface area contributed by atoms with Crippen molar-refractivity contribution in [3.63, 3.8) is 0 Å². The number of thiol groups is 2. The highest BCUT2D eigenvalue weighted by Gasteiger charge is 1.97. The lowest BCUT2D eigenvalue weighted by Crippen LogP contribution is -1.89. The maximum Gasteiger partial charge on any atom is 0.134 e. The van der Waals surface area contributed by atoms with Crippen molar-refractivity contribution in [3.8, 4) is 0 Å². The third-order valence-corrected chi connectivity index (χ3v) is 3.33. The molecule has 0 atom stereocenters. The monoisotopic (exact) mass is 328 g/mol. The predicted octanol–water partition coefficient (Wildman–Crippen LogP) is 5.47. The van der Waals surface area contributed by atoms with Crippen molar-refractivity contribution < 1.29 is 12.8 Å². The second kappa shape index (κ2) is 11.0. The number of benzene rings is 1. The van der Waals surface area contributed by atoms with E-state index in [1.165, 1.54) is 12.8 Å². The lowest BCUT2D eigenvalue weighted by molar-refractivity contribution is 0.356. The summed E-state index contributed by atoms with van der Waals surface area (Å²) in [4.78, 5) is 0. The van der Waals surface area contributed by atoms with Gasteiger partial charge in [0.05, 0.1) is 19.5 Å². The Hall–Kier alpha value is -0.620. The van der Waals surface area contributed by atoms with Crippen molar-refractivity contribution >= 4 is 36.8 Å². The third kappa shape index (κ3) is 7.81. The zero-order chi connectivity index (χ0) is 15.5. The Morgan fingerprint density at radius 1 is 1.10 bits per heavy atom. The van der Waals surface area contributed by atoms with Gasteiger partial charge in [0, 0.05) is 5.39 Å². The van der Waals surface area contributed by atoms with Gasteiger partial charge in [-0.05, 0) is 55.9 Å². The van der Waals surface area contributed by atoms with Crippen LogP contribution < -0.4 is 0 Å². The van der Waals surface area contributed by atoms with Crippen molar-refractivity contribution in [1.82, 2.24) is 0 Å². The molecule has 0 aliphatic rings. The van der Waals surface area contributed by atoms with E-state index >= 15 is 0 Å². The topological polar surface area (TPSA) is 31.6 Å². The van der Waals surface area contributed by atoms with Crippen molar-refractivity contribution in [1.29, 1.82) is 0 Å². The molecule has 0 radical (unpaired) electrons. The summed E-state index contributed by atoms with van der Waals surface area (Å²) in [5, 5.41) is 1.11. The van der Waals surface area contributed by atoms with Gasteiger partial charge in [-0.3, -0.25) is 0 Å². The number of fused-ring (bicyclic) bond motifs is 1. The van der Waals surface area contributed by atoms with Gasteiger partial charge in [-0.15, -0.1) is 0 Å². The zero-order valence-electron chi connectivity index (χ0n) is 12.6. The molecule has 3 nitrogen and oxygen atoms in total. The lowest BCUT2D eigenvalue weighted by atomic mass is 10.1. The first-order valence-corrected chi connectivity index (χ1v) is 7.89. The van der Waals surface area contributed by atoms with Crippen LogP contribution in [0.25, 0.3) is 11.0 Å². The van der Waals surface area contributed by atoms with Gasteiger partial charge < -0.3 is 12.8 Å². The van der Waals surface area contributed by atoms with E-state index in [0.29, 0.717) is 6.61 Å². The normalized spacial score (nSPS) is 10.7. The van der Waals surface area contributed by atoms with Crippen LogP contribution in [0.15, 0.2) is 34.9 Å². The van der Waals surface area contributed by atoms with E-state index in [4.69, 9.17) is 8.60 Å². The first kappa shape index (κ1) is 18.4. The summed E-state index contributed by atoms with van der Waals surface area (Å²) in [6.45, 7) is 5.76. The van der Waals surface area contributed by atoms with Gasteiger partial charge in [-0.1, -0.05) is 38.8 Å². The molecule has 118 valence electrons. The van der Waals surface area contributed by atoms with E-state index in [9.17, 15) is 0 Å². The van der Waals surface area contributed by atoms with Gasteiger partial charge in [-0.2, -0.15) is 0 Å². The van der Waals surface area contributed by atoms with Crippen LogP contribution in [0.5, 0.6) is 0 Å². The fourth-order valence-corrected chi connectivity index (χ4v) is 2.16. The summed E-state index contributed by atoms with van der Waals surface area (Å²) >= 11 is 7.33. The van der Waals surface area contributed by atoms with Gasteiger partial charge in [0.25, 0.3) is 0 Å². The fraction of sp³-hybridized carbons (Fsp3) is 0.500. The summed E-state index contributed by atoms with van der Waals surface area (Å²) in [5.74, 6) is 0.824. The molecule has 1 aromatic carbocycles.